The van der Waals surface area contributed by atoms with E-state index in [1.165, 1.54) is 17.5 Å². The van der Waals surface area contributed by atoms with Crippen LogP contribution in [-0.2, 0) is 21.4 Å². The summed E-state index contributed by atoms with van der Waals surface area (Å²) < 4.78 is 36.0. The molecule has 0 saturated heterocycles. The Labute approximate surface area is 181 Å². The summed E-state index contributed by atoms with van der Waals surface area (Å²) in [6.07, 6.45) is 2.14. The number of aromatic nitrogens is 2. The molecule has 1 fully saturated rings. The third-order valence-electron chi connectivity index (χ3n) is 5.88. The normalized spacial score (nSPS) is 27.8. The van der Waals surface area contributed by atoms with Crippen LogP contribution >= 0.6 is 0 Å². The minimum atomic E-state index is -3.80. The van der Waals surface area contributed by atoms with Gasteiger partial charge in [0.1, 0.15) is 18.2 Å². The molecule has 5 N–H and O–H groups in total. The second kappa shape index (κ2) is 9.05. The van der Waals surface area contributed by atoms with E-state index in [0.717, 1.165) is 6.42 Å². The first kappa shape index (κ1) is 21.9. The Morgan fingerprint density at radius 2 is 2.06 bits per heavy atom. The number of nitrogens with one attached hydrogen (secondary N) is 2. The molecule has 1 unspecified atom stereocenters. The first-order valence-electron chi connectivity index (χ1n) is 10.1. The minimum absolute atomic E-state index is 0.00575. The Bertz CT molecular complexity index is 1020. The fourth-order valence-corrected chi connectivity index (χ4v) is 4.80. The number of methoxy groups -OCH3 is 1. The number of hydrogen-bond acceptors (Lipinski definition) is 8. The molecule has 1 aromatic heterocycles. The molecule has 2 aromatic rings. The maximum atomic E-state index is 11.1. The molecule has 11 heteroatoms. The van der Waals surface area contributed by atoms with E-state index in [-0.39, 0.29) is 30.7 Å². The molecule has 1 saturated carbocycles. The lowest BCUT2D eigenvalue weighted by Crippen LogP contribution is -2.36. The van der Waals surface area contributed by atoms with Gasteiger partial charge in [0.15, 0.2) is 0 Å². The van der Waals surface area contributed by atoms with E-state index in [0.29, 0.717) is 24.5 Å². The van der Waals surface area contributed by atoms with Crippen molar-refractivity contribution in [1.29, 1.82) is 0 Å². The van der Waals surface area contributed by atoms with Crippen molar-refractivity contribution in [2.75, 3.05) is 19.0 Å². The topological polar surface area (TPSA) is 149 Å². The van der Waals surface area contributed by atoms with Gasteiger partial charge >= 0.3 is 0 Å². The predicted octanol–water partition coefficient (Wildman–Crippen LogP) is 0.512. The van der Waals surface area contributed by atoms with Crippen LogP contribution in [0, 0.1) is 5.92 Å². The summed E-state index contributed by atoms with van der Waals surface area (Å²) in [7, 11) is -2.10. The third kappa shape index (κ3) is 5.31. The van der Waals surface area contributed by atoms with Gasteiger partial charge in [-0.25, -0.2) is 19.8 Å². The van der Waals surface area contributed by atoms with Crippen LogP contribution in [0.15, 0.2) is 36.7 Å². The van der Waals surface area contributed by atoms with Crippen LogP contribution in [0.1, 0.15) is 30.0 Å². The first-order valence-corrected chi connectivity index (χ1v) is 11.7. The highest BCUT2D eigenvalue weighted by atomic mass is 32.2. The van der Waals surface area contributed by atoms with Crippen LogP contribution in [0.25, 0.3) is 0 Å². The maximum Gasteiger partial charge on any atom is 0.274 e. The van der Waals surface area contributed by atoms with E-state index in [1.54, 1.807) is 13.2 Å². The van der Waals surface area contributed by atoms with Crippen LogP contribution in [0.3, 0.4) is 0 Å². The van der Waals surface area contributed by atoms with Crippen molar-refractivity contribution in [2.45, 2.75) is 43.6 Å². The molecule has 0 radical (unpaired) electrons. The standard InChI is InChI=1S/C20H27N5O5S/c1-29-17-7-12-4-2-3-5-15(12)20(17)25-18-9-19(23-11-22-18)30-14-6-13(16(26)8-14)10-24-31(21,27)28/h2-5,9,11,13-14,16-17,20,24,26H,6-8,10H2,1H3,(H2,21,27,28)(H,22,23,25)/t13-,14+,16-,17?,20+/m0/s1. The molecular formula is C20H27N5O5S. The van der Waals surface area contributed by atoms with Crippen molar-refractivity contribution in [3.05, 3.63) is 47.8 Å². The van der Waals surface area contributed by atoms with Gasteiger partial charge in [-0.2, -0.15) is 8.42 Å². The number of anilines is 1. The number of rotatable bonds is 8. The van der Waals surface area contributed by atoms with E-state index in [9.17, 15) is 13.5 Å². The first-order chi connectivity index (χ1) is 14.8. The van der Waals surface area contributed by atoms with Crippen LogP contribution in [0.2, 0.25) is 0 Å². The van der Waals surface area contributed by atoms with Crippen molar-refractivity contribution < 1.29 is 23.0 Å². The fraction of sp³-hybridized carbons (Fsp3) is 0.500. The zero-order valence-corrected chi connectivity index (χ0v) is 18.0. The molecule has 5 atom stereocenters. The molecule has 0 aliphatic heterocycles. The summed E-state index contributed by atoms with van der Waals surface area (Å²) in [5, 5.41) is 18.6. The molecular weight excluding hydrogens is 422 g/mol. The number of fused-ring (bicyclic) bond motifs is 1. The maximum absolute atomic E-state index is 11.1. The number of ether oxygens (including phenoxy) is 2. The zero-order valence-electron chi connectivity index (χ0n) is 17.1. The van der Waals surface area contributed by atoms with Gasteiger partial charge in [0.25, 0.3) is 10.2 Å². The van der Waals surface area contributed by atoms with Gasteiger partial charge in [-0.3, -0.25) is 0 Å². The summed E-state index contributed by atoms with van der Waals surface area (Å²) in [5.41, 5.74) is 2.43. The quantitative estimate of drug-likeness (QED) is 0.456. The largest absolute Gasteiger partial charge is 0.474 e. The zero-order chi connectivity index (χ0) is 22.0. The molecule has 1 aromatic carbocycles. The molecule has 0 amide bonds. The Balaban J connectivity index is 1.40. The number of benzene rings is 1. The lowest BCUT2D eigenvalue weighted by molar-refractivity contribution is 0.0959. The van der Waals surface area contributed by atoms with Crippen molar-refractivity contribution in [2.24, 2.45) is 11.1 Å². The summed E-state index contributed by atoms with van der Waals surface area (Å²) >= 11 is 0. The second-order valence-corrected chi connectivity index (χ2v) is 9.35. The third-order valence-corrected chi connectivity index (χ3v) is 6.45. The highest BCUT2D eigenvalue weighted by Crippen LogP contribution is 2.36. The van der Waals surface area contributed by atoms with Crippen molar-refractivity contribution in [3.63, 3.8) is 0 Å². The fourth-order valence-electron chi connectivity index (χ4n) is 4.35. The average Bonchev–Trinajstić information content (AvgIpc) is 3.26. The average molecular weight is 450 g/mol. The monoisotopic (exact) mass is 449 g/mol. The summed E-state index contributed by atoms with van der Waals surface area (Å²) in [6, 6.07) is 9.89. The molecule has 4 rings (SSSR count). The molecule has 0 bridgehead atoms. The van der Waals surface area contributed by atoms with Crippen molar-refractivity contribution >= 4 is 16.0 Å². The van der Waals surface area contributed by atoms with Gasteiger partial charge in [0.2, 0.25) is 5.88 Å². The second-order valence-electron chi connectivity index (χ2n) is 7.97. The number of nitrogens with two attached hydrogens (primary N) is 1. The van der Waals surface area contributed by atoms with E-state index in [4.69, 9.17) is 14.6 Å². The van der Waals surface area contributed by atoms with Gasteiger partial charge in [-0.15, -0.1) is 0 Å². The van der Waals surface area contributed by atoms with Crippen LogP contribution < -0.4 is 19.9 Å². The lowest BCUT2D eigenvalue weighted by atomic mass is 10.1. The van der Waals surface area contributed by atoms with E-state index in [2.05, 4.69) is 32.1 Å². The van der Waals surface area contributed by atoms with Crippen molar-refractivity contribution in [1.82, 2.24) is 14.7 Å². The highest BCUT2D eigenvalue weighted by molar-refractivity contribution is 7.87. The number of hydrogen-bond donors (Lipinski definition) is 4. The van der Waals surface area contributed by atoms with Gasteiger partial charge < -0.3 is 19.9 Å². The van der Waals surface area contributed by atoms with Crippen LogP contribution in [-0.4, -0.2) is 55.5 Å². The van der Waals surface area contributed by atoms with E-state index >= 15 is 0 Å². The summed E-state index contributed by atoms with van der Waals surface area (Å²) in [4.78, 5) is 8.49. The van der Waals surface area contributed by atoms with Crippen LogP contribution in [0.5, 0.6) is 5.88 Å². The van der Waals surface area contributed by atoms with E-state index in [1.807, 2.05) is 12.1 Å². The molecule has 1 heterocycles. The lowest BCUT2D eigenvalue weighted by Gasteiger charge is -2.21. The molecule has 31 heavy (non-hydrogen) atoms. The highest BCUT2D eigenvalue weighted by Gasteiger charge is 2.35. The van der Waals surface area contributed by atoms with Gasteiger partial charge in [0.05, 0.1) is 18.2 Å². The number of aliphatic hydroxyl groups is 1. The Morgan fingerprint density at radius 1 is 1.26 bits per heavy atom. The van der Waals surface area contributed by atoms with Gasteiger partial charge in [0, 0.05) is 38.5 Å². The smallest absolute Gasteiger partial charge is 0.274 e. The van der Waals surface area contributed by atoms with Crippen LogP contribution in [0.4, 0.5) is 5.82 Å². The SMILES string of the molecule is COC1Cc2ccccc2[C@H]1Nc1cc(O[C@@H]2C[C@@H](CNS(N)(=O)=O)[C@@H](O)C2)ncn1. The molecule has 2 aliphatic rings. The minimum Gasteiger partial charge on any atom is -0.474 e. The Hall–Kier alpha value is -2.31. The number of nitrogens with zero attached hydrogens (tertiary/aromatic N) is 2. The molecule has 168 valence electrons. The molecule has 2 aliphatic carbocycles. The molecule has 0 spiro atoms. The number of aliphatic hydroxyl groups excluding tert-OH is 1. The Kier molecular flexibility index (Phi) is 6.39. The van der Waals surface area contributed by atoms with E-state index < -0.39 is 16.3 Å². The van der Waals surface area contributed by atoms with Crippen molar-refractivity contribution in [3.8, 4) is 5.88 Å². The Morgan fingerprint density at radius 3 is 2.84 bits per heavy atom. The predicted molar refractivity (Wildman–Crippen MR) is 114 cm³/mol. The van der Waals surface area contributed by atoms with Gasteiger partial charge in [-0.1, -0.05) is 24.3 Å². The summed E-state index contributed by atoms with van der Waals surface area (Å²) in [5.74, 6) is 0.718. The molecule has 10 nitrogen and oxygen atoms in total. The van der Waals surface area contributed by atoms with Gasteiger partial charge in [-0.05, 0) is 17.5 Å². The summed E-state index contributed by atoms with van der Waals surface area (Å²) in [6.45, 7) is 0.0654.